The number of rotatable bonds is 2. The number of aryl methyl sites for hydroxylation is 1. The van der Waals surface area contributed by atoms with Crippen molar-refractivity contribution in [2.75, 3.05) is 5.32 Å². The maximum atomic E-state index is 12.1. The molecule has 1 aromatic carbocycles. The maximum absolute atomic E-state index is 12.1. The Hall–Kier alpha value is -2.39. The summed E-state index contributed by atoms with van der Waals surface area (Å²) < 4.78 is 2.12. The molecule has 0 aliphatic rings. The second kappa shape index (κ2) is 5.72. The van der Waals surface area contributed by atoms with Gasteiger partial charge in [-0.05, 0) is 24.3 Å². The molecule has 5 nitrogen and oxygen atoms in total. The van der Waals surface area contributed by atoms with Gasteiger partial charge < -0.3 is 9.88 Å². The molecule has 0 aliphatic carbocycles. The van der Waals surface area contributed by atoms with E-state index in [1.165, 1.54) is 16.8 Å². The van der Waals surface area contributed by atoms with Crippen LogP contribution in [-0.2, 0) is 7.05 Å². The smallest absolute Gasteiger partial charge is 0.255 e. The van der Waals surface area contributed by atoms with Crippen LogP contribution in [0.3, 0.4) is 0 Å². The van der Waals surface area contributed by atoms with E-state index in [1.807, 2.05) is 6.07 Å². The van der Waals surface area contributed by atoms with E-state index in [-0.39, 0.29) is 11.1 Å². The maximum Gasteiger partial charge on any atom is 0.255 e. The number of aromatic nitrogens is 1. The topological polar surface area (TPSA) is 74.9 Å². The Labute approximate surface area is 123 Å². The number of halogens is 1. The zero-order valence-corrected chi connectivity index (χ0v) is 12.1. The second-order valence-electron chi connectivity index (χ2n) is 4.12. The molecule has 1 aromatic heterocycles. The van der Waals surface area contributed by atoms with Crippen molar-refractivity contribution in [2.45, 2.75) is 0 Å². The van der Waals surface area contributed by atoms with E-state index in [9.17, 15) is 9.59 Å². The van der Waals surface area contributed by atoms with Crippen LogP contribution in [0.4, 0.5) is 5.69 Å². The van der Waals surface area contributed by atoms with Gasteiger partial charge in [0.05, 0.1) is 11.3 Å². The molecule has 0 saturated heterocycles. The number of hydrogen-bond acceptors (Lipinski definition) is 3. The summed E-state index contributed by atoms with van der Waals surface area (Å²) in [6, 6.07) is 9.74. The number of carbonyl (C=O) groups excluding carboxylic acids is 1. The Kier molecular flexibility index (Phi) is 4.01. The molecule has 0 atom stereocenters. The molecule has 0 unspecified atom stereocenters. The molecule has 2 aromatic rings. The number of hydrogen-bond donors (Lipinski definition) is 1. The van der Waals surface area contributed by atoms with Crippen LogP contribution in [0.25, 0.3) is 0 Å². The highest BCUT2D eigenvalue weighted by Crippen LogP contribution is 2.21. The number of nitriles is 1. The number of nitrogens with zero attached hydrogens (tertiary/aromatic N) is 2. The van der Waals surface area contributed by atoms with Crippen molar-refractivity contribution in [1.29, 1.82) is 5.26 Å². The van der Waals surface area contributed by atoms with Crippen molar-refractivity contribution < 1.29 is 4.79 Å². The third-order valence-electron chi connectivity index (χ3n) is 2.72. The standard InChI is InChI=1S/C14H10BrN3O2/c1-18-5-4-9(6-13(18)19)14(20)17-12-7-11(15)3-2-10(12)8-16/h2-7H,1H3,(H,17,20). The Balaban J connectivity index is 2.32. The Bertz CT molecular complexity index is 775. The first-order valence-corrected chi connectivity index (χ1v) is 6.48. The number of carbonyl (C=O) groups is 1. The van der Waals surface area contributed by atoms with Gasteiger partial charge in [-0.1, -0.05) is 15.9 Å². The van der Waals surface area contributed by atoms with Crippen LogP contribution in [0.2, 0.25) is 0 Å². The van der Waals surface area contributed by atoms with Crippen molar-refractivity contribution in [1.82, 2.24) is 4.57 Å². The fourth-order valence-electron chi connectivity index (χ4n) is 1.60. The van der Waals surface area contributed by atoms with Crippen molar-refractivity contribution in [3.63, 3.8) is 0 Å². The molecule has 1 amide bonds. The molecule has 0 aliphatic heterocycles. The highest BCUT2D eigenvalue weighted by molar-refractivity contribution is 9.10. The average Bonchev–Trinajstić information content (AvgIpc) is 2.42. The summed E-state index contributed by atoms with van der Waals surface area (Å²) in [7, 11) is 1.60. The third kappa shape index (κ3) is 2.95. The predicted octanol–water partition coefficient (Wildman–Crippen LogP) is 2.27. The monoisotopic (exact) mass is 331 g/mol. The molecule has 100 valence electrons. The average molecular weight is 332 g/mol. The lowest BCUT2D eigenvalue weighted by molar-refractivity contribution is 0.102. The molecule has 0 saturated carbocycles. The minimum atomic E-state index is -0.433. The van der Waals surface area contributed by atoms with Crippen LogP contribution in [0.15, 0.2) is 45.8 Å². The summed E-state index contributed by atoms with van der Waals surface area (Å²) in [5, 5.41) is 11.6. The van der Waals surface area contributed by atoms with Crippen molar-refractivity contribution >= 4 is 27.5 Å². The molecule has 20 heavy (non-hydrogen) atoms. The lowest BCUT2D eigenvalue weighted by Crippen LogP contribution is -2.20. The van der Waals surface area contributed by atoms with Gasteiger partial charge in [-0.25, -0.2) is 0 Å². The second-order valence-corrected chi connectivity index (χ2v) is 5.04. The molecular weight excluding hydrogens is 322 g/mol. The minimum absolute atomic E-state index is 0.247. The van der Waals surface area contributed by atoms with Gasteiger partial charge in [-0.3, -0.25) is 9.59 Å². The van der Waals surface area contributed by atoms with Gasteiger partial charge in [0.25, 0.3) is 11.5 Å². The predicted molar refractivity (Wildman–Crippen MR) is 78.5 cm³/mol. The number of pyridine rings is 1. The molecule has 0 spiro atoms. The molecule has 6 heteroatoms. The van der Waals surface area contributed by atoms with Gasteiger partial charge >= 0.3 is 0 Å². The zero-order chi connectivity index (χ0) is 14.7. The molecule has 0 bridgehead atoms. The van der Waals surface area contributed by atoms with Crippen LogP contribution in [0.1, 0.15) is 15.9 Å². The highest BCUT2D eigenvalue weighted by Gasteiger charge is 2.10. The van der Waals surface area contributed by atoms with E-state index in [0.29, 0.717) is 11.3 Å². The van der Waals surface area contributed by atoms with E-state index in [1.54, 1.807) is 31.3 Å². The van der Waals surface area contributed by atoms with Gasteiger partial charge in [0, 0.05) is 29.3 Å². The van der Waals surface area contributed by atoms with Crippen LogP contribution in [0, 0.1) is 11.3 Å². The summed E-state index contributed by atoms with van der Waals surface area (Å²) in [5.74, 6) is -0.433. The fourth-order valence-corrected chi connectivity index (χ4v) is 1.96. The van der Waals surface area contributed by atoms with E-state index in [4.69, 9.17) is 5.26 Å². The quantitative estimate of drug-likeness (QED) is 0.917. The first-order chi connectivity index (χ1) is 9.51. The van der Waals surface area contributed by atoms with Crippen molar-refractivity contribution in [3.05, 3.63) is 62.5 Å². The van der Waals surface area contributed by atoms with E-state index < -0.39 is 5.91 Å². The summed E-state index contributed by atoms with van der Waals surface area (Å²) >= 11 is 3.28. The van der Waals surface area contributed by atoms with Crippen molar-refractivity contribution in [2.24, 2.45) is 7.05 Å². The number of amides is 1. The summed E-state index contributed by atoms with van der Waals surface area (Å²) in [6.07, 6.45) is 1.52. The van der Waals surface area contributed by atoms with Crippen LogP contribution >= 0.6 is 15.9 Å². The van der Waals surface area contributed by atoms with E-state index in [0.717, 1.165) is 4.47 Å². The molecular formula is C14H10BrN3O2. The zero-order valence-electron chi connectivity index (χ0n) is 10.6. The molecule has 0 radical (unpaired) electrons. The van der Waals surface area contributed by atoms with Gasteiger partial charge in [-0.2, -0.15) is 5.26 Å². The van der Waals surface area contributed by atoms with Gasteiger partial charge in [0.2, 0.25) is 0 Å². The van der Waals surface area contributed by atoms with Crippen molar-refractivity contribution in [3.8, 4) is 6.07 Å². The third-order valence-corrected chi connectivity index (χ3v) is 3.21. The van der Waals surface area contributed by atoms with Gasteiger partial charge in [0.1, 0.15) is 6.07 Å². The fraction of sp³-hybridized carbons (Fsp3) is 0.0714. The van der Waals surface area contributed by atoms with Gasteiger partial charge in [-0.15, -0.1) is 0 Å². The number of anilines is 1. The first-order valence-electron chi connectivity index (χ1n) is 5.69. The lowest BCUT2D eigenvalue weighted by atomic mass is 10.2. The van der Waals surface area contributed by atoms with Gasteiger partial charge in [0.15, 0.2) is 0 Å². The Morgan fingerprint density at radius 2 is 2.10 bits per heavy atom. The molecule has 0 fully saturated rings. The highest BCUT2D eigenvalue weighted by atomic mass is 79.9. The summed E-state index contributed by atoms with van der Waals surface area (Å²) in [4.78, 5) is 23.6. The molecule has 1 N–H and O–H groups in total. The molecule has 1 heterocycles. The SMILES string of the molecule is Cn1ccc(C(=O)Nc2cc(Br)ccc2C#N)cc1=O. The minimum Gasteiger partial charge on any atom is -0.321 e. The largest absolute Gasteiger partial charge is 0.321 e. The van der Waals surface area contributed by atoms with Crippen LogP contribution < -0.4 is 10.9 Å². The van der Waals surface area contributed by atoms with Crippen LogP contribution in [-0.4, -0.2) is 10.5 Å². The lowest BCUT2D eigenvalue weighted by Gasteiger charge is -2.08. The van der Waals surface area contributed by atoms with Crippen LogP contribution in [0.5, 0.6) is 0 Å². The summed E-state index contributed by atoms with van der Waals surface area (Å²) in [6.45, 7) is 0. The van der Waals surface area contributed by atoms with E-state index in [2.05, 4.69) is 21.2 Å². The number of nitrogens with one attached hydrogen (secondary N) is 1. The number of benzene rings is 1. The first kappa shape index (κ1) is 14.0. The van der Waals surface area contributed by atoms with E-state index >= 15 is 0 Å². The summed E-state index contributed by atoms with van der Waals surface area (Å²) in [5.41, 5.74) is 0.724. The Morgan fingerprint density at radius 3 is 2.75 bits per heavy atom. The molecule has 2 rings (SSSR count). The normalized spacial score (nSPS) is 9.85. The Morgan fingerprint density at radius 1 is 1.35 bits per heavy atom.